The molecule has 0 amide bonds. The number of aromatic nitrogens is 3. The predicted molar refractivity (Wildman–Crippen MR) is 125 cm³/mol. The molecule has 2 heterocycles. The van der Waals surface area contributed by atoms with Crippen LogP contribution in [0.2, 0.25) is 0 Å². The minimum Gasteiger partial charge on any atom is -0.480 e. The monoisotopic (exact) mass is 472 g/mol. The number of thiazole rings is 1. The van der Waals surface area contributed by atoms with Gasteiger partial charge in [0.05, 0.1) is 26.6 Å². The van der Waals surface area contributed by atoms with Crippen LogP contribution in [0.15, 0.2) is 53.4 Å². The third kappa shape index (κ3) is 4.72. The minimum absolute atomic E-state index is 0.0295. The van der Waals surface area contributed by atoms with Gasteiger partial charge < -0.3 is 15.8 Å². The fraction of sp³-hybridized carbons (Fsp3) is 0.182. The number of benzene rings is 2. The Hall–Kier alpha value is -3.73. The molecule has 1 atom stereocenters. The molecule has 0 saturated carbocycles. The van der Waals surface area contributed by atoms with E-state index in [1.165, 1.54) is 36.1 Å². The molecule has 4 aromatic rings. The van der Waals surface area contributed by atoms with Gasteiger partial charge in [-0.25, -0.2) is 15.0 Å². The number of halogens is 3. The lowest BCUT2D eigenvalue weighted by Gasteiger charge is -2.20. The molecule has 0 radical (unpaired) electrons. The highest BCUT2D eigenvalue weighted by Gasteiger charge is 2.38. The van der Waals surface area contributed by atoms with Crippen LogP contribution in [0.1, 0.15) is 12.5 Å². The van der Waals surface area contributed by atoms with E-state index >= 15 is 0 Å². The van der Waals surface area contributed by atoms with E-state index in [4.69, 9.17) is 10.5 Å². The molecule has 33 heavy (non-hydrogen) atoms. The van der Waals surface area contributed by atoms with Crippen molar-refractivity contribution in [1.82, 2.24) is 15.0 Å². The van der Waals surface area contributed by atoms with Gasteiger partial charge in [-0.05, 0) is 42.8 Å². The Morgan fingerprint density at radius 2 is 2.00 bits per heavy atom. The third-order valence-electron chi connectivity index (χ3n) is 4.84. The molecule has 2 aromatic heterocycles. The maximum Gasteiger partial charge on any atom is 0.425 e. The molecule has 11 heteroatoms. The van der Waals surface area contributed by atoms with Gasteiger partial charge in [0.25, 0.3) is 0 Å². The highest BCUT2D eigenvalue weighted by atomic mass is 32.1. The van der Waals surface area contributed by atoms with Crippen LogP contribution in [-0.4, -0.2) is 40.5 Å². The second-order valence-corrected chi connectivity index (χ2v) is 7.95. The summed E-state index contributed by atoms with van der Waals surface area (Å²) in [6.07, 6.45) is -2.46. The third-order valence-corrected chi connectivity index (χ3v) is 5.63. The first kappa shape index (κ1) is 22.5. The number of nitrogens with one attached hydrogen (secondary N) is 1. The van der Waals surface area contributed by atoms with Crippen LogP contribution in [0, 0.1) is 0 Å². The molecular formula is C22H19F3N6OS. The number of rotatable bonds is 6. The molecule has 0 spiro atoms. The molecule has 170 valence electrons. The highest BCUT2D eigenvalue weighted by Crippen LogP contribution is 2.37. The number of fused-ring (bicyclic) bond motifs is 2. The van der Waals surface area contributed by atoms with E-state index in [0.29, 0.717) is 33.5 Å². The first-order valence-corrected chi connectivity index (χ1v) is 10.6. The fourth-order valence-corrected chi connectivity index (χ4v) is 3.90. The van der Waals surface area contributed by atoms with Gasteiger partial charge in [-0.15, -0.1) is 11.3 Å². The van der Waals surface area contributed by atoms with Gasteiger partial charge in [0.15, 0.2) is 6.10 Å². The standard InChI is InChI=1S/C22H19F3N6OS/c1-12(22(23,24)25)32-18-6-13(14(8-26)9-27-2)5-17-20(18)21(29-10-28-17)31-15-3-4-16-19(7-15)33-11-30-16/h3-12H,26H2,1-2H3,(H,28,29,31)/b14-8+,27-9?. The Morgan fingerprint density at radius 1 is 1.18 bits per heavy atom. The molecule has 7 nitrogen and oxygen atoms in total. The van der Waals surface area contributed by atoms with Gasteiger partial charge in [0, 0.05) is 30.7 Å². The summed E-state index contributed by atoms with van der Waals surface area (Å²) in [4.78, 5) is 16.7. The second-order valence-electron chi connectivity index (χ2n) is 7.06. The van der Waals surface area contributed by atoms with Crippen LogP contribution < -0.4 is 15.8 Å². The van der Waals surface area contributed by atoms with Gasteiger partial charge in [-0.2, -0.15) is 13.2 Å². The molecule has 0 aliphatic heterocycles. The Morgan fingerprint density at radius 3 is 2.73 bits per heavy atom. The molecule has 0 bridgehead atoms. The highest BCUT2D eigenvalue weighted by molar-refractivity contribution is 7.16. The molecule has 2 aromatic carbocycles. The molecule has 4 rings (SSSR count). The zero-order valence-electron chi connectivity index (χ0n) is 17.6. The number of nitrogens with two attached hydrogens (primary N) is 1. The lowest BCUT2D eigenvalue weighted by molar-refractivity contribution is -0.188. The van der Waals surface area contributed by atoms with E-state index in [9.17, 15) is 13.2 Å². The normalized spacial score (nSPS) is 13.7. The molecule has 0 fully saturated rings. The molecule has 0 saturated heterocycles. The van der Waals surface area contributed by atoms with E-state index < -0.39 is 12.3 Å². The summed E-state index contributed by atoms with van der Waals surface area (Å²) in [5.41, 5.74) is 10.4. The Bertz CT molecular complexity index is 1370. The van der Waals surface area contributed by atoms with E-state index in [0.717, 1.165) is 17.1 Å². The van der Waals surface area contributed by atoms with Crippen LogP contribution in [0.25, 0.3) is 26.7 Å². The summed E-state index contributed by atoms with van der Waals surface area (Å²) < 4.78 is 46.3. The maximum atomic E-state index is 13.3. The maximum absolute atomic E-state index is 13.3. The summed E-state index contributed by atoms with van der Waals surface area (Å²) in [6, 6.07) is 8.73. The van der Waals surface area contributed by atoms with Gasteiger partial charge >= 0.3 is 6.18 Å². The van der Waals surface area contributed by atoms with E-state index in [1.54, 1.807) is 18.6 Å². The van der Waals surface area contributed by atoms with Gasteiger partial charge in [-0.3, -0.25) is 4.99 Å². The lowest BCUT2D eigenvalue weighted by Crippen LogP contribution is -2.31. The van der Waals surface area contributed by atoms with Gasteiger partial charge in [0.2, 0.25) is 0 Å². The van der Waals surface area contributed by atoms with Crippen molar-refractivity contribution in [1.29, 1.82) is 0 Å². The van der Waals surface area contributed by atoms with E-state index in [2.05, 4.69) is 25.3 Å². The van der Waals surface area contributed by atoms with Crippen LogP contribution in [0.3, 0.4) is 0 Å². The largest absolute Gasteiger partial charge is 0.480 e. The average Bonchev–Trinajstić information content (AvgIpc) is 3.24. The topological polar surface area (TPSA) is 98.3 Å². The summed E-state index contributed by atoms with van der Waals surface area (Å²) in [5.74, 6) is 0.278. The Kier molecular flexibility index (Phi) is 6.14. The van der Waals surface area contributed by atoms with Crippen molar-refractivity contribution >= 4 is 55.7 Å². The fourth-order valence-electron chi connectivity index (χ4n) is 3.19. The van der Waals surface area contributed by atoms with Crippen molar-refractivity contribution in [2.75, 3.05) is 12.4 Å². The van der Waals surface area contributed by atoms with Crippen molar-refractivity contribution < 1.29 is 17.9 Å². The second kappa shape index (κ2) is 9.02. The zero-order valence-corrected chi connectivity index (χ0v) is 18.4. The summed E-state index contributed by atoms with van der Waals surface area (Å²) in [6.45, 7) is 0.945. The predicted octanol–water partition coefficient (Wildman–Crippen LogP) is 5.31. The number of ether oxygens (including phenoxy) is 1. The SMILES string of the molecule is CN=C/C(=C\N)c1cc(OC(C)C(F)(F)F)c2c(Nc3ccc4ncsc4c3)ncnc2c1. The number of hydrogen-bond donors (Lipinski definition) is 2. The first-order valence-electron chi connectivity index (χ1n) is 9.77. The lowest BCUT2D eigenvalue weighted by atomic mass is 10.0. The van der Waals surface area contributed by atoms with Crippen LogP contribution in [-0.2, 0) is 0 Å². The number of alkyl halides is 3. The number of allylic oxidation sites excluding steroid dienone is 1. The smallest absolute Gasteiger partial charge is 0.425 e. The molecule has 0 aliphatic rings. The average molecular weight is 472 g/mol. The Balaban J connectivity index is 1.86. The molecule has 0 aliphatic carbocycles. The quantitative estimate of drug-likeness (QED) is 0.369. The number of aliphatic imine (C=N–C) groups is 1. The van der Waals surface area contributed by atoms with Crippen molar-refractivity contribution in [3.63, 3.8) is 0 Å². The van der Waals surface area contributed by atoms with Crippen LogP contribution in [0.4, 0.5) is 24.7 Å². The van der Waals surface area contributed by atoms with Crippen LogP contribution in [0.5, 0.6) is 5.75 Å². The Labute approximate surface area is 190 Å². The van der Waals surface area contributed by atoms with E-state index in [1.807, 2.05) is 18.2 Å². The van der Waals surface area contributed by atoms with E-state index in [-0.39, 0.29) is 5.75 Å². The number of hydrogen-bond acceptors (Lipinski definition) is 8. The zero-order chi connectivity index (χ0) is 23.6. The van der Waals surface area contributed by atoms with Crippen molar-refractivity contribution in [2.24, 2.45) is 10.7 Å². The van der Waals surface area contributed by atoms with Crippen molar-refractivity contribution in [3.8, 4) is 5.75 Å². The molecular weight excluding hydrogens is 453 g/mol. The van der Waals surface area contributed by atoms with Crippen molar-refractivity contribution in [3.05, 3.63) is 53.9 Å². The number of nitrogens with zero attached hydrogens (tertiary/aromatic N) is 4. The van der Waals surface area contributed by atoms with Gasteiger partial charge in [-0.1, -0.05) is 0 Å². The van der Waals surface area contributed by atoms with Crippen LogP contribution >= 0.6 is 11.3 Å². The minimum atomic E-state index is -4.56. The van der Waals surface area contributed by atoms with Crippen molar-refractivity contribution in [2.45, 2.75) is 19.2 Å². The number of anilines is 2. The summed E-state index contributed by atoms with van der Waals surface area (Å²) >= 11 is 1.48. The summed E-state index contributed by atoms with van der Waals surface area (Å²) in [5, 5.41) is 3.48. The molecule has 3 N–H and O–H groups in total. The molecule has 1 unspecified atom stereocenters. The van der Waals surface area contributed by atoms with Gasteiger partial charge in [0.1, 0.15) is 17.9 Å². The first-order chi connectivity index (χ1) is 15.8. The summed E-state index contributed by atoms with van der Waals surface area (Å²) in [7, 11) is 1.57.